The zero-order chi connectivity index (χ0) is 14.7. The van der Waals surface area contributed by atoms with Crippen LogP contribution in [0.2, 0.25) is 0 Å². The van der Waals surface area contributed by atoms with Crippen molar-refractivity contribution in [1.29, 1.82) is 0 Å². The Kier molecular flexibility index (Phi) is 4.33. The second-order valence-electron chi connectivity index (χ2n) is 5.70. The van der Waals surface area contributed by atoms with E-state index >= 15 is 0 Å². The van der Waals surface area contributed by atoms with Crippen LogP contribution in [0.3, 0.4) is 0 Å². The van der Waals surface area contributed by atoms with E-state index < -0.39 is 0 Å². The molecule has 0 aliphatic heterocycles. The summed E-state index contributed by atoms with van der Waals surface area (Å²) in [6.45, 7) is 10.7. The van der Waals surface area contributed by atoms with E-state index in [1.807, 2.05) is 0 Å². The predicted octanol–water partition coefficient (Wildman–Crippen LogP) is 5.18. The highest BCUT2D eigenvalue weighted by molar-refractivity contribution is 5.69. The smallest absolute Gasteiger partial charge is 0.0416 e. The van der Waals surface area contributed by atoms with Crippen LogP contribution in [-0.4, -0.2) is 6.04 Å². The van der Waals surface area contributed by atoms with E-state index in [1.165, 1.54) is 28.1 Å². The Morgan fingerprint density at radius 3 is 2.25 bits per heavy atom. The molecule has 0 spiro atoms. The van der Waals surface area contributed by atoms with Gasteiger partial charge in [-0.3, -0.25) is 0 Å². The highest BCUT2D eigenvalue weighted by Crippen LogP contribution is 2.26. The Labute approximate surface area is 122 Å². The Bertz CT molecular complexity index is 600. The van der Waals surface area contributed by atoms with Crippen LogP contribution in [0, 0.1) is 20.8 Å². The molecule has 2 aromatic carbocycles. The summed E-state index contributed by atoms with van der Waals surface area (Å²) in [4.78, 5) is 0. The summed E-state index contributed by atoms with van der Waals surface area (Å²) in [5.41, 5.74) is 7.37. The van der Waals surface area contributed by atoms with Gasteiger partial charge >= 0.3 is 0 Å². The minimum atomic E-state index is 0.451. The van der Waals surface area contributed by atoms with Gasteiger partial charge in [-0.05, 0) is 75.6 Å². The minimum Gasteiger partial charge on any atom is -0.383 e. The molecule has 0 amide bonds. The lowest BCUT2D eigenvalue weighted by molar-refractivity contribution is 0.899. The molecule has 0 heterocycles. The van der Waals surface area contributed by atoms with E-state index in [1.54, 1.807) is 0 Å². The fourth-order valence-electron chi connectivity index (χ4n) is 2.26. The minimum absolute atomic E-state index is 0.451. The molecule has 2 heteroatoms. The average molecular weight is 268 g/mol. The highest BCUT2D eigenvalue weighted by atomic mass is 14.9. The van der Waals surface area contributed by atoms with Crippen LogP contribution in [0.4, 0.5) is 17.1 Å². The van der Waals surface area contributed by atoms with Crippen molar-refractivity contribution in [1.82, 2.24) is 0 Å². The summed E-state index contributed by atoms with van der Waals surface area (Å²) in [6.07, 6.45) is 0. The molecule has 0 unspecified atom stereocenters. The van der Waals surface area contributed by atoms with Crippen molar-refractivity contribution < 1.29 is 0 Å². The summed E-state index contributed by atoms with van der Waals surface area (Å²) in [5.74, 6) is 0. The fourth-order valence-corrected chi connectivity index (χ4v) is 2.26. The van der Waals surface area contributed by atoms with E-state index in [4.69, 9.17) is 0 Å². The van der Waals surface area contributed by atoms with Crippen LogP contribution in [-0.2, 0) is 0 Å². The van der Waals surface area contributed by atoms with Gasteiger partial charge in [-0.2, -0.15) is 0 Å². The van der Waals surface area contributed by atoms with Gasteiger partial charge in [-0.25, -0.2) is 0 Å². The second kappa shape index (κ2) is 6.00. The molecule has 0 radical (unpaired) electrons. The van der Waals surface area contributed by atoms with Gasteiger partial charge in [-0.15, -0.1) is 0 Å². The fraction of sp³-hybridized carbons (Fsp3) is 0.333. The van der Waals surface area contributed by atoms with Gasteiger partial charge < -0.3 is 10.6 Å². The number of nitrogens with one attached hydrogen (secondary N) is 2. The van der Waals surface area contributed by atoms with E-state index in [9.17, 15) is 0 Å². The molecule has 2 rings (SSSR count). The molecule has 0 fully saturated rings. The van der Waals surface area contributed by atoms with Gasteiger partial charge in [0.2, 0.25) is 0 Å². The third kappa shape index (κ3) is 3.32. The molecular formula is C18H24N2. The molecule has 20 heavy (non-hydrogen) atoms. The Morgan fingerprint density at radius 1 is 0.850 bits per heavy atom. The topological polar surface area (TPSA) is 24.1 Å². The van der Waals surface area contributed by atoms with Crippen LogP contribution in [0.25, 0.3) is 0 Å². The van der Waals surface area contributed by atoms with Crippen LogP contribution >= 0.6 is 0 Å². The monoisotopic (exact) mass is 268 g/mol. The van der Waals surface area contributed by atoms with Crippen molar-refractivity contribution in [3.05, 3.63) is 53.1 Å². The highest BCUT2D eigenvalue weighted by Gasteiger charge is 2.04. The van der Waals surface area contributed by atoms with Crippen molar-refractivity contribution in [2.24, 2.45) is 0 Å². The number of benzene rings is 2. The number of hydrogen-bond acceptors (Lipinski definition) is 2. The maximum atomic E-state index is 3.53. The number of hydrogen-bond donors (Lipinski definition) is 2. The third-order valence-electron chi connectivity index (χ3n) is 3.56. The quantitative estimate of drug-likeness (QED) is 0.798. The van der Waals surface area contributed by atoms with Gasteiger partial charge in [0.15, 0.2) is 0 Å². The Morgan fingerprint density at radius 2 is 1.60 bits per heavy atom. The van der Waals surface area contributed by atoms with Crippen LogP contribution in [0.1, 0.15) is 30.5 Å². The molecule has 0 saturated carbocycles. The van der Waals surface area contributed by atoms with Crippen molar-refractivity contribution in [3.63, 3.8) is 0 Å². The van der Waals surface area contributed by atoms with Crippen molar-refractivity contribution >= 4 is 17.1 Å². The maximum absolute atomic E-state index is 3.53. The summed E-state index contributed by atoms with van der Waals surface area (Å²) in [6, 6.07) is 13.3. The summed E-state index contributed by atoms with van der Waals surface area (Å²) in [5, 5.41) is 6.96. The van der Waals surface area contributed by atoms with Gasteiger partial charge in [-0.1, -0.05) is 12.1 Å². The summed E-state index contributed by atoms with van der Waals surface area (Å²) >= 11 is 0. The zero-order valence-corrected chi connectivity index (χ0v) is 13.0. The molecule has 2 aromatic rings. The van der Waals surface area contributed by atoms with E-state index in [2.05, 4.69) is 81.7 Å². The lowest BCUT2D eigenvalue weighted by Gasteiger charge is -2.16. The largest absolute Gasteiger partial charge is 0.383 e. The predicted molar refractivity (Wildman–Crippen MR) is 89.1 cm³/mol. The Balaban J connectivity index is 2.24. The first-order valence-corrected chi connectivity index (χ1v) is 7.18. The normalized spacial score (nSPS) is 10.7. The molecule has 0 bridgehead atoms. The molecule has 0 aliphatic rings. The van der Waals surface area contributed by atoms with E-state index in [0.717, 1.165) is 5.69 Å². The second-order valence-corrected chi connectivity index (χ2v) is 5.70. The van der Waals surface area contributed by atoms with Gasteiger partial charge in [0.25, 0.3) is 0 Å². The SMILES string of the molecule is Cc1cc(NC(C)C)ccc1Nc1cccc(C)c1C. The number of aryl methyl sites for hydroxylation is 2. The summed E-state index contributed by atoms with van der Waals surface area (Å²) < 4.78 is 0. The van der Waals surface area contributed by atoms with Crippen LogP contribution in [0.5, 0.6) is 0 Å². The van der Waals surface area contributed by atoms with Crippen molar-refractivity contribution in [3.8, 4) is 0 Å². The third-order valence-corrected chi connectivity index (χ3v) is 3.56. The van der Waals surface area contributed by atoms with Gasteiger partial charge in [0, 0.05) is 23.1 Å². The standard InChI is InChI=1S/C18H24N2/c1-12(2)19-16-9-10-17(14(4)11-16)20-18-8-6-7-13(3)15(18)5/h6-12,19-20H,1-5H3. The Hall–Kier alpha value is -1.96. The molecule has 0 saturated heterocycles. The van der Waals surface area contributed by atoms with E-state index in [0.29, 0.717) is 6.04 Å². The molecule has 106 valence electrons. The van der Waals surface area contributed by atoms with Crippen LogP contribution < -0.4 is 10.6 Å². The zero-order valence-electron chi connectivity index (χ0n) is 13.0. The molecule has 0 aromatic heterocycles. The summed E-state index contributed by atoms with van der Waals surface area (Å²) in [7, 11) is 0. The first-order chi connectivity index (χ1) is 9.47. The lowest BCUT2D eigenvalue weighted by Crippen LogP contribution is -2.09. The maximum Gasteiger partial charge on any atom is 0.0416 e. The van der Waals surface area contributed by atoms with Gasteiger partial charge in [0.05, 0.1) is 0 Å². The average Bonchev–Trinajstić information content (AvgIpc) is 2.37. The molecule has 2 N–H and O–H groups in total. The molecule has 0 aliphatic carbocycles. The van der Waals surface area contributed by atoms with Gasteiger partial charge in [0.1, 0.15) is 0 Å². The van der Waals surface area contributed by atoms with Crippen LogP contribution in [0.15, 0.2) is 36.4 Å². The first kappa shape index (κ1) is 14.4. The van der Waals surface area contributed by atoms with E-state index in [-0.39, 0.29) is 0 Å². The molecule has 2 nitrogen and oxygen atoms in total. The first-order valence-electron chi connectivity index (χ1n) is 7.18. The van der Waals surface area contributed by atoms with Crippen molar-refractivity contribution in [2.45, 2.75) is 40.7 Å². The van der Waals surface area contributed by atoms with Crippen molar-refractivity contribution in [2.75, 3.05) is 10.6 Å². The number of anilines is 3. The molecule has 0 atom stereocenters. The molecular weight excluding hydrogens is 244 g/mol. The lowest BCUT2D eigenvalue weighted by atomic mass is 10.1. The number of rotatable bonds is 4.